The van der Waals surface area contributed by atoms with E-state index in [4.69, 9.17) is 0 Å². The van der Waals surface area contributed by atoms with Crippen molar-refractivity contribution in [3.05, 3.63) is 35.4 Å². The standard InChI is InChI=1S/C16H22N2O3/c1-21-16(20)14-4-2-13(3-5-14)11-18-15(19)10-12-6-8-17-9-7-12/h2-5,12,17H,6-11H2,1H3,(H,18,19). The highest BCUT2D eigenvalue weighted by Gasteiger charge is 2.16. The Hall–Kier alpha value is -1.88. The Morgan fingerprint density at radius 3 is 2.52 bits per heavy atom. The molecule has 0 aromatic heterocycles. The van der Waals surface area contributed by atoms with E-state index < -0.39 is 0 Å². The molecule has 2 rings (SSSR count). The maximum atomic E-state index is 11.9. The van der Waals surface area contributed by atoms with E-state index in [1.165, 1.54) is 7.11 Å². The van der Waals surface area contributed by atoms with Crippen LogP contribution >= 0.6 is 0 Å². The molecule has 0 spiro atoms. The van der Waals surface area contributed by atoms with Crippen LogP contribution in [0.1, 0.15) is 35.2 Å². The Kier molecular flexibility index (Phi) is 5.75. The number of hydrogen-bond donors (Lipinski definition) is 2. The summed E-state index contributed by atoms with van der Waals surface area (Å²) in [5.74, 6) is 0.239. The van der Waals surface area contributed by atoms with Crippen LogP contribution in [0.5, 0.6) is 0 Å². The summed E-state index contributed by atoms with van der Waals surface area (Å²) in [5, 5.41) is 6.23. The van der Waals surface area contributed by atoms with Crippen molar-refractivity contribution in [3.63, 3.8) is 0 Å². The van der Waals surface area contributed by atoms with Gasteiger partial charge in [-0.1, -0.05) is 12.1 Å². The lowest BCUT2D eigenvalue weighted by molar-refractivity contribution is -0.122. The molecule has 1 saturated heterocycles. The van der Waals surface area contributed by atoms with E-state index in [1.54, 1.807) is 12.1 Å². The van der Waals surface area contributed by atoms with Crippen LogP contribution in [-0.4, -0.2) is 32.1 Å². The van der Waals surface area contributed by atoms with Crippen molar-refractivity contribution >= 4 is 11.9 Å². The van der Waals surface area contributed by atoms with Crippen molar-refractivity contribution in [3.8, 4) is 0 Å². The van der Waals surface area contributed by atoms with E-state index in [2.05, 4.69) is 15.4 Å². The summed E-state index contributed by atoms with van der Waals surface area (Å²) in [7, 11) is 1.36. The normalized spacial score (nSPS) is 15.5. The Balaban J connectivity index is 1.76. The van der Waals surface area contributed by atoms with Crippen LogP contribution in [0.3, 0.4) is 0 Å². The van der Waals surface area contributed by atoms with Gasteiger partial charge in [-0.2, -0.15) is 0 Å². The lowest BCUT2D eigenvalue weighted by atomic mass is 9.94. The highest BCUT2D eigenvalue weighted by Crippen LogP contribution is 2.15. The summed E-state index contributed by atoms with van der Waals surface area (Å²) in [6.45, 7) is 2.51. The van der Waals surface area contributed by atoms with Crippen LogP contribution in [0, 0.1) is 5.92 Å². The molecule has 5 heteroatoms. The minimum absolute atomic E-state index is 0.0962. The number of methoxy groups -OCH3 is 1. The van der Waals surface area contributed by atoms with Gasteiger partial charge in [0.05, 0.1) is 12.7 Å². The Morgan fingerprint density at radius 1 is 1.24 bits per heavy atom. The molecule has 1 aromatic carbocycles. The Labute approximate surface area is 125 Å². The van der Waals surface area contributed by atoms with E-state index in [1.807, 2.05) is 12.1 Å². The molecule has 1 aromatic rings. The topological polar surface area (TPSA) is 67.4 Å². The second kappa shape index (κ2) is 7.78. The first-order valence-corrected chi connectivity index (χ1v) is 7.33. The summed E-state index contributed by atoms with van der Waals surface area (Å²) in [6.07, 6.45) is 2.74. The van der Waals surface area contributed by atoms with Gasteiger partial charge in [-0.05, 0) is 49.5 Å². The third kappa shape index (κ3) is 4.86. The lowest BCUT2D eigenvalue weighted by Gasteiger charge is -2.21. The molecule has 1 fully saturated rings. The molecule has 0 radical (unpaired) electrons. The fourth-order valence-corrected chi connectivity index (χ4v) is 2.50. The molecule has 114 valence electrons. The molecular weight excluding hydrogens is 268 g/mol. The molecule has 1 amide bonds. The van der Waals surface area contributed by atoms with Gasteiger partial charge in [-0.15, -0.1) is 0 Å². The number of carbonyl (C=O) groups is 2. The summed E-state index contributed by atoms with van der Waals surface area (Å²) < 4.78 is 4.65. The Morgan fingerprint density at radius 2 is 1.90 bits per heavy atom. The zero-order valence-corrected chi connectivity index (χ0v) is 12.4. The molecular formula is C16H22N2O3. The largest absolute Gasteiger partial charge is 0.465 e. The van der Waals surface area contributed by atoms with Crippen LogP contribution in [0.25, 0.3) is 0 Å². The van der Waals surface area contributed by atoms with Gasteiger partial charge in [0.25, 0.3) is 0 Å². The molecule has 21 heavy (non-hydrogen) atoms. The minimum Gasteiger partial charge on any atom is -0.465 e. The van der Waals surface area contributed by atoms with Crippen molar-refractivity contribution in [1.82, 2.24) is 10.6 Å². The molecule has 0 atom stereocenters. The van der Waals surface area contributed by atoms with Crippen molar-refractivity contribution < 1.29 is 14.3 Å². The Bertz CT molecular complexity index is 479. The maximum Gasteiger partial charge on any atom is 0.337 e. The summed E-state index contributed by atoms with van der Waals surface area (Å²) in [4.78, 5) is 23.2. The third-order valence-electron chi connectivity index (χ3n) is 3.80. The second-order valence-corrected chi connectivity index (χ2v) is 5.36. The molecule has 1 aliphatic rings. The minimum atomic E-state index is -0.350. The van der Waals surface area contributed by atoms with Crippen molar-refractivity contribution in [2.24, 2.45) is 5.92 Å². The van der Waals surface area contributed by atoms with E-state index in [0.29, 0.717) is 24.4 Å². The van der Waals surface area contributed by atoms with Gasteiger partial charge >= 0.3 is 5.97 Å². The zero-order valence-electron chi connectivity index (χ0n) is 12.4. The van der Waals surface area contributed by atoms with Crippen molar-refractivity contribution in [1.29, 1.82) is 0 Å². The highest BCUT2D eigenvalue weighted by atomic mass is 16.5. The molecule has 0 saturated carbocycles. The predicted molar refractivity (Wildman–Crippen MR) is 79.8 cm³/mol. The third-order valence-corrected chi connectivity index (χ3v) is 3.80. The van der Waals surface area contributed by atoms with Crippen molar-refractivity contribution in [2.45, 2.75) is 25.8 Å². The highest BCUT2D eigenvalue weighted by molar-refractivity contribution is 5.89. The van der Waals surface area contributed by atoms with Gasteiger partial charge in [0, 0.05) is 13.0 Å². The number of hydrogen-bond acceptors (Lipinski definition) is 4. The number of benzene rings is 1. The smallest absolute Gasteiger partial charge is 0.337 e. The fraction of sp³-hybridized carbons (Fsp3) is 0.500. The molecule has 0 unspecified atom stereocenters. The van der Waals surface area contributed by atoms with E-state index in [-0.39, 0.29) is 11.9 Å². The van der Waals surface area contributed by atoms with Gasteiger partial charge in [0.15, 0.2) is 0 Å². The number of rotatable bonds is 5. The second-order valence-electron chi connectivity index (χ2n) is 5.36. The van der Waals surface area contributed by atoms with E-state index >= 15 is 0 Å². The van der Waals surface area contributed by atoms with Crippen molar-refractivity contribution in [2.75, 3.05) is 20.2 Å². The number of piperidine rings is 1. The quantitative estimate of drug-likeness (QED) is 0.806. The number of nitrogens with one attached hydrogen (secondary N) is 2. The number of carbonyl (C=O) groups excluding carboxylic acids is 2. The number of ether oxygens (including phenoxy) is 1. The van der Waals surface area contributed by atoms with Crippen LogP contribution in [-0.2, 0) is 16.1 Å². The lowest BCUT2D eigenvalue weighted by Crippen LogP contribution is -2.32. The van der Waals surface area contributed by atoms with Gasteiger partial charge in [-0.25, -0.2) is 4.79 Å². The molecule has 5 nitrogen and oxygen atoms in total. The van der Waals surface area contributed by atoms with Crippen LogP contribution < -0.4 is 10.6 Å². The molecule has 0 bridgehead atoms. The zero-order chi connectivity index (χ0) is 15.1. The van der Waals surface area contributed by atoms with Gasteiger partial charge in [0.2, 0.25) is 5.91 Å². The van der Waals surface area contributed by atoms with Crippen LogP contribution in [0.15, 0.2) is 24.3 Å². The van der Waals surface area contributed by atoms with Gasteiger partial charge < -0.3 is 15.4 Å². The number of esters is 1. The fourth-order valence-electron chi connectivity index (χ4n) is 2.50. The molecule has 1 aliphatic heterocycles. The summed E-state index contributed by atoms with van der Waals surface area (Å²) in [6, 6.07) is 7.08. The molecule has 1 heterocycles. The van der Waals surface area contributed by atoms with Gasteiger partial charge in [0.1, 0.15) is 0 Å². The molecule has 2 N–H and O–H groups in total. The van der Waals surface area contributed by atoms with Crippen LogP contribution in [0.2, 0.25) is 0 Å². The van der Waals surface area contributed by atoms with Gasteiger partial charge in [-0.3, -0.25) is 4.79 Å². The average molecular weight is 290 g/mol. The van der Waals surface area contributed by atoms with E-state index in [9.17, 15) is 9.59 Å². The first kappa shape index (κ1) is 15.5. The number of amides is 1. The summed E-state index contributed by atoms with van der Waals surface area (Å²) >= 11 is 0. The predicted octanol–water partition coefficient (Wildman–Crippen LogP) is 1.48. The maximum absolute atomic E-state index is 11.9. The molecule has 0 aliphatic carbocycles. The van der Waals surface area contributed by atoms with E-state index in [0.717, 1.165) is 31.5 Å². The average Bonchev–Trinajstić information content (AvgIpc) is 2.53. The first-order chi connectivity index (χ1) is 10.2. The SMILES string of the molecule is COC(=O)c1ccc(CNC(=O)CC2CCNCC2)cc1. The first-order valence-electron chi connectivity index (χ1n) is 7.33. The van der Waals surface area contributed by atoms with Crippen LogP contribution in [0.4, 0.5) is 0 Å². The monoisotopic (exact) mass is 290 g/mol. The summed E-state index contributed by atoms with van der Waals surface area (Å²) in [5.41, 5.74) is 1.49.